The predicted molar refractivity (Wildman–Crippen MR) is 72.1 cm³/mol. The Hall–Kier alpha value is -2.71. The molecular weight excluding hydrogens is 315 g/mol. The topological polar surface area (TPSA) is 85.1 Å². The summed E-state index contributed by atoms with van der Waals surface area (Å²) in [5, 5.41) is 5.44. The van der Waals surface area contributed by atoms with Gasteiger partial charge in [-0.25, -0.2) is 0 Å². The molecule has 2 amide bonds. The van der Waals surface area contributed by atoms with Crippen LogP contribution in [0, 0.1) is 0 Å². The maximum atomic E-state index is 12.4. The molecule has 1 aromatic heterocycles. The largest absolute Gasteiger partial charge is 0.471 e. The van der Waals surface area contributed by atoms with Crippen molar-refractivity contribution in [1.82, 2.24) is 15.5 Å². The van der Waals surface area contributed by atoms with E-state index in [1.54, 1.807) is 6.92 Å². The lowest BCUT2D eigenvalue weighted by molar-refractivity contribution is -0.159. The third-order valence-corrected chi connectivity index (χ3v) is 2.80. The van der Waals surface area contributed by atoms with Crippen molar-refractivity contribution < 1.29 is 27.3 Å². The smallest absolute Gasteiger partial charge is 0.329 e. The van der Waals surface area contributed by atoms with E-state index >= 15 is 0 Å². The number of aromatic nitrogens is 2. The molecule has 122 valence electrons. The molecule has 2 aromatic rings. The van der Waals surface area contributed by atoms with Crippen molar-refractivity contribution in [3.8, 4) is 11.4 Å². The molecular formula is C14H12F3N3O3. The van der Waals surface area contributed by atoms with Crippen LogP contribution in [0.15, 0.2) is 28.8 Å². The molecule has 0 atom stereocenters. The Labute approximate surface area is 128 Å². The van der Waals surface area contributed by atoms with Crippen molar-refractivity contribution in [2.45, 2.75) is 25.9 Å². The van der Waals surface area contributed by atoms with Gasteiger partial charge in [0.15, 0.2) is 0 Å². The van der Waals surface area contributed by atoms with Gasteiger partial charge in [0, 0.05) is 17.5 Å². The van der Waals surface area contributed by atoms with Crippen LogP contribution < -0.4 is 5.32 Å². The monoisotopic (exact) mass is 327 g/mol. The number of hydrogen-bond donors (Lipinski definition) is 1. The second-order valence-corrected chi connectivity index (χ2v) is 4.63. The van der Waals surface area contributed by atoms with Gasteiger partial charge in [-0.05, 0) is 18.6 Å². The zero-order chi connectivity index (χ0) is 17.0. The summed E-state index contributed by atoms with van der Waals surface area (Å²) in [5.74, 6) is -2.67. The minimum atomic E-state index is -4.72. The number of nitrogens with zero attached hydrogens (tertiary/aromatic N) is 2. The van der Waals surface area contributed by atoms with E-state index in [-0.39, 0.29) is 23.4 Å². The van der Waals surface area contributed by atoms with Crippen molar-refractivity contribution in [2.24, 2.45) is 0 Å². The third kappa shape index (κ3) is 4.15. The van der Waals surface area contributed by atoms with Crippen molar-refractivity contribution in [3.05, 3.63) is 35.7 Å². The van der Waals surface area contributed by atoms with Gasteiger partial charge in [0.05, 0.1) is 0 Å². The molecule has 0 radical (unpaired) electrons. The van der Waals surface area contributed by atoms with Crippen LogP contribution >= 0.6 is 0 Å². The Morgan fingerprint density at radius 1 is 1.22 bits per heavy atom. The van der Waals surface area contributed by atoms with Crippen LogP contribution in [0.2, 0.25) is 0 Å². The quantitative estimate of drug-likeness (QED) is 0.933. The van der Waals surface area contributed by atoms with Crippen molar-refractivity contribution >= 4 is 11.8 Å². The summed E-state index contributed by atoms with van der Waals surface area (Å²) < 4.78 is 41.3. The number of amides is 2. The summed E-state index contributed by atoms with van der Waals surface area (Å²) in [6.07, 6.45) is -3.88. The molecule has 1 N–H and O–H groups in total. The molecule has 0 unspecified atom stereocenters. The van der Waals surface area contributed by atoms with Crippen LogP contribution in [-0.2, 0) is 11.0 Å². The fraction of sp³-hybridized carbons (Fsp3) is 0.286. The standard InChI is InChI=1S/C14H12F3N3O3/c1-2-3-10(21)18-12(22)9-6-4-8(5-7-9)11-19-13(23-20-11)14(15,16)17/h4-7H,2-3H2,1H3,(H,18,21,22). The third-order valence-electron chi connectivity index (χ3n) is 2.80. The van der Waals surface area contributed by atoms with Gasteiger partial charge in [-0.2, -0.15) is 18.2 Å². The van der Waals surface area contributed by atoms with E-state index in [9.17, 15) is 22.8 Å². The first-order valence-corrected chi connectivity index (χ1v) is 6.66. The second kappa shape index (κ2) is 6.59. The Kier molecular flexibility index (Phi) is 4.77. The fourth-order valence-corrected chi connectivity index (χ4v) is 1.71. The maximum Gasteiger partial charge on any atom is 0.471 e. The van der Waals surface area contributed by atoms with E-state index in [2.05, 4.69) is 20.0 Å². The molecule has 6 nitrogen and oxygen atoms in total. The van der Waals surface area contributed by atoms with E-state index in [4.69, 9.17) is 0 Å². The minimum absolute atomic E-state index is 0.192. The van der Waals surface area contributed by atoms with Crippen molar-refractivity contribution in [3.63, 3.8) is 0 Å². The normalized spacial score (nSPS) is 11.3. The highest BCUT2D eigenvalue weighted by Crippen LogP contribution is 2.29. The Bertz CT molecular complexity index is 708. The van der Waals surface area contributed by atoms with Gasteiger partial charge in [-0.1, -0.05) is 24.2 Å². The summed E-state index contributed by atoms with van der Waals surface area (Å²) in [6, 6.07) is 5.44. The maximum absolute atomic E-state index is 12.4. The number of benzene rings is 1. The molecule has 0 aliphatic rings. The molecule has 0 saturated carbocycles. The van der Waals surface area contributed by atoms with Crippen LogP contribution in [0.25, 0.3) is 11.4 Å². The predicted octanol–water partition coefficient (Wildman–Crippen LogP) is 2.81. The summed E-state index contributed by atoms with van der Waals surface area (Å²) >= 11 is 0. The molecule has 0 bridgehead atoms. The molecule has 0 fully saturated rings. The highest BCUT2D eigenvalue weighted by molar-refractivity contribution is 6.04. The number of carbonyl (C=O) groups is 2. The minimum Gasteiger partial charge on any atom is -0.329 e. The number of nitrogens with one attached hydrogen (secondary N) is 1. The Morgan fingerprint density at radius 3 is 2.39 bits per heavy atom. The van der Waals surface area contributed by atoms with Crippen LogP contribution in [0.4, 0.5) is 13.2 Å². The lowest BCUT2D eigenvalue weighted by Gasteiger charge is -2.03. The van der Waals surface area contributed by atoms with Crippen LogP contribution in [0.1, 0.15) is 36.0 Å². The highest BCUT2D eigenvalue weighted by Gasteiger charge is 2.38. The van der Waals surface area contributed by atoms with Gasteiger partial charge in [0.2, 0.25) is 11.7 Å². The summed E-state index contributed by atoms with van der Waals surface area (Å²) in [5.41, 5.74) is 0.443. The van der Waals surface area contributed by atoms with E-state index in [1.165, 1.54) is 24.3 Å². The SMILES string of the molecule is CCCC(=O)NC(=O)c1ccc(-c2noc(C(F)(F)F)n2)cc1. The number of alkyl halides is 3. The lowest BCUT2D eigenvalue weighted by atomic mass is 10.1. The fourth-order valence-electron chi connectivity index (χ4n) is 1.71. The van der Waals surface area contributed by atoms with E-state index in [1.807, 2.05) is 0 Å². The van der Waals surface area contributed by atoms with Gasteiger partial charge in [-0.15, -0.1) is 0 Å². The van der Waals surface area contributed by atoms with E-state index < -0.39 is 23.9 Å². The Morgan fingerprint density at radius 2 is 1.87 bits per heavy atom. The lowest BCUT2D eigenvalue weighted by Crippen LogP contribution is -2.29. The zero-order valence-electron chi connectivity index (χ0n) is 12.0. The first-order valence-electron chi connectivity index (χ1n) is 6.66. The number of halogens is 3. The molecule has 1 aromatic carbocycles. The molecule has 9 heteroatoms. The molecule has 23 heavy (non-hydrogen) atoms. The average molecular weight is 327 g/mol. The molecule has 0 spiro atoms. The van der Waals surface area contributed by atoms with Crippen LogP contribution in [-0.4, -0.2) is 22.0 Å². The van der Waals surface area contributed by atoms with Gasteiger partial charge in [-0.3, -0.25) is 14.9 Å². The van der Waals surface area contributed by atoms with Crippen LogP contribution in [0.3, 0.4) is 0 Å². The zero-order valence-corrected chi connectivity index (χ0v) is 12.0. The van der Waals surface area contributed by atoms with Gasteiger partial charge < -0.3 is 4.52 Å². The molecule has 0 aliphatic heterocycles. The first kappa shape index (κ1) is 16.7. The number of rotatable bonds is 4. The summed E-state index contributed by atoms with van der Waals surface area (Å²) in [4.78, 5) is 26.4. The average Bonchev–Trinajstić information content (AvgIpc) is 2.97. The van der Waals surface area contributed by atoms with Gasteiger partial charge >= 0.3 is 12.1 Å². The van der Waals surface area contributed by atoms with Crippen molar-refractivity contribution in [1.29, 1.82) is 0 Å². The van der Waals surface area contributed by atoms with Crippen molar-refractivity contribution in [2.75, 3.05) is 0 Å². The summed E-state index contributed by atoms with van der Waals surface area (Å²) in [7, 11) is 0. The van der Waals surface area contributed by atoms with E-state index in [0.29, 0.717) is 6.42 Å². The highest BCUT2D eigenvalue weighted by atomic mass is 19.4. The number of carbonyl (C=O) groups excluding carboxylic acids is 2. The Balaban J connectivity index is 2.12. The first-order chi connectivity index (χ1) is 10.8. The summed E-state index contributed by atoms with van der Waals surface area (Å²) in [6.45, 7) is 1.80. The number of imide groups is 1. The van der Waals surface area contributed by atoms with E-state index in [0.717, 1.165) is 0 Å². The van der Waals surface area contributed by atoms with Crippen LogP contribution in [0.5, 0.6) is 0 Å². The molecule has 2 rings (SSSR count). The van der Waals surface area contributed by atoms with Gasteiger partial charge in [0.1, 0.15) is 0 Å². The molecule has 0 aliphatic carbocycles. The molecule has 1 heterocycles. The second-order valence-electron chi connectivity index (χ2n) is 4.63. The number of hydrogen-bond acceptors (Lipinski definition) is 5. The molecule has 0 saturated heterocycles. The van der Waals surface area contributed by atoms with Gasteiger partial charge in [0.25, 0.3) is 5.91 Å².